The number of nitrogen functional groups attached to an aromatic ring is 3. The van der Waals surface area contributed by atoms with Crippen LogP contribution in [0.1, 0.15) is 0 Å². The highest BCUT2D eigenvalue weighted by atomic mass is 15.3. The van der Waals surface area contributed by atoms with E-state index >= 15 is 0 Å². The highest BCUT2D eigenvalue weighted by Crippen LogP contribution is 2.11. The fourth-order valence-electron chi connectivity index (χ4n) is 1.13. The van der Waals surface area contributed by atoms with Crippen LogP contribution >= 0.6 is 0 Å². The van der Waals surface area contributed by atoms with Crippen LogP contribution in [0.15, 0.2) is 0 Å². The Morgan fingerprint density at radius 2 is 1.11 bits per heavy atom. The standard InChI is InChI=1S/C7H11N11/c1-11-5-13-4(10)16-7(17-5)18-6-14-2(8)12-3(9)15-6/h1H3,(H8,8,9,10,11,12,13,14,15,16,17,18). The first-order valence-corrected chi connectivity index (χ1v) is 4.80. The molecule has 0 saturated carbocycles. The molecule has 0 spiro atoms. The fourth-order valence-corrected chi connectivity index (χ4v) is 1.13. The van der Waals surface area contributed by atoms with Crippen molar-refractivity contribution in [3.8, 4) is 0 Å². The van der Waals surface area contributed by atoms with Gasteiger partial charge in [0.05, 0.1) is 0 Å². The summed E-state index contributed by atoms with van der Waals surface area (Å²) >= 11 is 0. The third-order valence-corrected chi connectivity index (χ3v) is 1.77. The zero-order chi connectivity index (χ0) is 13.1. The molecule has 11 nitrogen and oxygen atoms in total. The average molecular weight is 249 g/mol. The van der Waals surface area contributed by atoms with Crippen molar-refractivity contribution in [3.63, 3.8) is 0 Å². The Labute approximate surface area is 101 Å². The van der Waals surface area contributed by atoms with Crippen molar-refractivity contribution in [2.75, 3.05) is 34.9 Å². The molecule has 18 heavy (non-hydrogen) atoms. The van der Waals surface area contributed by atoms with Gasteiger partial charge in [0, 0.05) is 7.05 Å². The van der Waals surface area contributed by atoms with E-state index in [-0.39, 0.29) is 29.7 Å². The van der Waals surface area contributed by atoms with E-state index < -0.39 is 0 Å². The largest absolute Gasteiger partial charge is 0.368 e. The molecule has 2 rings (SSSR count). The molecule has 2 heterocycles. The van der Waals surface area contributed by atoms with Crippen molar-refractivity contribution >= 4 is 35.7 Å². The van der Waals surface area contributed by atoms with Gasteiger partial charge in [-0.2, -0.15) is 29.9 Å². The Morgan fingerprint density at radius 1 is 0.667 bits per heavy atom. The summed E-state index contributed by atoms with van der Waals surface area (Å²) in [6.45, 7) is 0. The van der Waals surface area contributed by atoms with Gasteiger partial charge >= 0.3 is 0 Å². The zero-order valence-electron chi connectivity index (χ0n) is 9.42. The van der Waals surface area contributed by atoms with Gasteiger partial charge in [-0.05, 0) is 0 Å². The average Bonchev–Trinajstić information content (AvgIpc) is 2.26. The van der Waals surface area contributed by atoms with E-state index in [9.17, 15) is 0 Å². The van der Waals surface area contributed by atoms with Crippen molar-refractivity contribution in [1.82, 2.24) is 29.9 Å². The van der Waals surface area contributed by atoms with E-state index in [0.29, 0.717) is 5.95 Å². The first kappa shape index (κ1) is 11.5. The summed E-state index contributed by atoms with van der Waals surface area (Å²) in [5.74, 6) is 0.609. The lowest BCUT2D eigenvalue weighted by Crippen LogP contribution is -2.10. The van der Waals surface area contributed by atoms with E-state index in [1.807, 2.05) is 0 Å². The van der Waals surface area contributed by atoms with E-state index in [0.717, 1.165) is 0 Å². The van der Waals surface area contributed by atoms with E-state index in [4.69, 9.17) is 17.2 Å². The quantitative estimate of drug-likeness (QED) is 0.431. The van der Waals surface area contributed by atoms with Crippen LogP contribution in [0.5, 0.6) is 0 Å². The second kappa shape index (κ2) is 4.48. The molecule has 11 heteroatoms. The third-order valence-electron chi connectivity index (χ3n) is 1.77. The van der Waals surface area contributed by atoms with Crippen molar-refractivity contribution in [3.05, 3.63) is 0 Å². The highest BCUT2D eigenvalue weighted by Gasteiger charge is 2.07. The summed E-state index contributed by atoms with van der Waals surface area (Å²) in [5.41, 5.74) is 16.4. The lowest BCUT2D eigenvalue weighted by molar-refractivity contribution is 1.03. The Kier molecular flexibility index (Phi) is 2.87. The lowest BCUT2D eigenvalue weighted by Gasteiger charge is -2.06. The van der Waals surface area contributed by atoms with Gasteiger partial charge in [0.2, 0.25) is 35.7 Å². The molecule has 0 aromatic carbocycles. The number of anilines is 6. The molecule has 0 radical (unpaired) electrons. The van der Waals surface area contributed by atoms with Gasteiger partial charge in [-0.3, -0.25) is 5.32 Å². The Balaban J connectivity index is 2.30. The van der Waals surface area contributed by atoms with Crippen molar-refractivity contribution in [2.45, 2.75) is 0 Å². The number of nitrogens with two attached hydrogens (primary N) is 3. The first-order valence-electron chi connectivity index (χ1n) is 4.80. The number of nitrogens with one attached hydrogen (secondary N) is 2. The van der Waals surface area contributed by atoms with Crippen LogP contribution in [0, 0.1) is 0 Å². The minimum absolute atomic E-state index is 0.0131. The van der Waals surface area contributed by atoms with E-state index in [1.165, 1.54) is 0 Å². The van der Waals surface area contributed by atoms with Crippen LogP contribution in [0.25, 0.3) is 0 Å². The maximum Gasteiger partial charge on any atom is 0.236 e. The van der Waals surface area contributed by atoms with Gasteiger partial charge in [-0.25, -0.2) is 0 Å². The van der Waals surface area contributed by atoms with Crippen LogP contribution in [-0.2, 0) is 0 Å². The van der Waals surface area contributed by atoms with Crippen molar-refractivity contribution < 1.29 is 0 Å². The number of rotatable bonds is 3. The molecule has 0 amide bonds. The molecule has 0 aliphatic heterocycles. The van der Waals surface area contributed by atoms with Crippen LogP contribution in [0.3, 0.4) is 0 Å². The normalized spacial score (nSPS) is 10.1. The van der Waals surface area contributed by atoms with Crippen LogP contribution in [-0.4, -0.2) is 37.0 Å². The Bertz CT molecular complexity index is 547. The fraction of sp³-hybridized carbons (Fsp3) is 0.143. The number of hydrogen-bond donors (Lipinski definition) is 5. The molecule has 0 fully saturated rings. The number of nitrogens with zero attached hydrogens (tertiary/aromatic N) is 6. The van der Waals surface area contributed by atoms with Crippen molar-refractivity contribution in [1.29, 1.82) is 0 Å². The van der Waals surface area contributed by atoms with E-state index in [1.54, 1.807) is 7.05 Å². The molecular formula is C7H11N11. The predicted molar refractivity (Wildman–Crippen MR) is 65.7 cm³/mol. The monoisotopic (exact) mass is 249 g/mol. The van der Waals surface area contributed by atoms with Crippen LogP contribution < -0.4 is 27.8 Å². The number of aromatic nitrogens is 6. The summed E-state index contributed by atoms with van der Waals surface area (Å²) < 4.78 is 0. The summed E-state index contributed by atoms with van der Waals surface area (Å²) in [4.78, 5) is 23.0. The smallest absolute Gasteiger partial charge is 0.236 e. The van der Waals surface area contributed by atoms with Gasteiger partial charge in [-0.15, -0.1) is 0 Å². The maximum absolute atomic E-state index is 5.50. The SMILES string of the molecule is CNc1nc(N)nc(Nc2nc(N)nc(N)n2)n1. The van der Waals surface area contributed by atoms with Crippen LogP contribution in [0.2, 0.25) is 0 Å². The minimum Gasteiger partial charge on any atom is -0.368 e. The van der Waals surface area contributed by atoms with Crippen LogP contribution in [0.4, 0.5) is 35.7 Å². The molecule has 0 aliphatic carbocycles. The third kappa shape index (κ3) is 2.58. The molecular weight excluding hydrogens is 238 g/mol. The molecule has 94 valence electrons. The van der Waals surface area contributed by atoms with Gasteiger partial charge in [-0.1, -0.05) is 0 Å². The molecule has 0 saturated heterocycles. The van der Waals surface area contributed by atoms with E-state index in [2.05, 4.69) is 40.5 Å². The second-order valence-corrected chi connectivity index (χ2v) is 3.09. The zero-order valence-corrected chi connectivity index (χ0v) is 9.42. The maximum atomic E-state index is 5.50. The summed E-state index contributed by atoms with van der Waals surface area (Å²) in [6.07, 6.45) is 0. The lowest BCUT2D eigenvalue weighted by atomic mass is 10.7. The molecule has 8 N–H and O–H groups in total. The first-order chi connectivity index (χ1) is 8.56. The molecule has 0 aliphatic rings. The van der Waals surface area contributed by atoms with Crippen molar-refractivity contribution in [2.24, 2.45) is 0 Å². The second-order valence-electron chi connectivity index (χ2n) is 3.09. The molecule has 2 aromatic rings. The minimum atomic E-state index is -0.0131. The number of hydrogen-bond acceptors (Lipinski definition) is 11. The Morgan fingerprint density at radius 3 is 1.67 bits per heavy atom. The molecule has 0 unspecified atom stereocenters. The summed E-state index contributed by atoms with van der Waals surface area (Å²) in [7, 11) is 1.65. The highest BCUT2D eigenvalue weighted by molar-refractivity contribution is 5.49. The Hall–Kier alpha value is -2.98. The summed E-state index contributed by atoms with van der Waals surface area (Å²) in [6, 6.07) is 0. The predicted octanol–water partition coefficient (Wildman–Crippen LogP) is -1.41. The molecule has 2 aromatic heterocycles. The van der Waals surface area contributed by atoms with Gasteiger partial charge in [0.25, 0.3) is 0 Å². The van der Waals surface area contributed by atoms with Gasteiger partial charge in [0.1, 0.15) is 0 Å². The van der Waals surface area contributed by atoms with Gasteiger partial charge in [0.15, 0.2) is 0 Å². The molecule has 0 bridgehead atoms. The molecule has 0 atom stereocenters. The van der Waals surface area contributed by atoms with Gasteiger partial charge < -0.3 is 22.5 Å². The summed E-state index contributed by atoms with van der Waals surface area (Å²) in [5, 5.41) is 5.43. The topological polar surface area (TPSA) is 179 Å².